The highest BCUT2D eigenvalue weighted by molar-refractivity contribution is 6.53. The third-order valence-corrected chi connectivity index (χ3v) is 5.51. The van der Waals surface area contributed by atoms with E-state index in [2.05, 4.69) is 5.32 Å². The molecule has 172 valence electrons. The lowest BCUT2D eigenvalue weighted by Crippen LogP contribution is -2.42. The normalized spacial score (nSPS) is 14.3. The molecular formula is C26H23N3O5. The number of anilines is 1. The van der Waals surface area contributed by atoms with Gasteiger partial charge in [0.1, 0.15) is 12.3 Å². The van der Waals surface area contributed by atoms with E-state index >= 15 is 0 Å². The number of nitrogens with zero attached hydrogens (tertiary/aromatic N) is 2. The molecule has 0 aliphatic carbocycles. The molecule has 1 heterocycles. The fourth-order valence-corrected chi connectivity index (χ4v) is 3.77. The van der Waals surface area contributed by atoms with Gasteiger partial charge in [0.25, 0.3) is 0 Å². The SMILES string of the molecule is COc1ccc(N2C(=O)C(=O)N(CC(=O)NC(Cc3ccccc3)c3ccccc3)C2=O)cc1. The van der Waals surface area contributed by atoms with Crippen molar-refractivity contribution < 1.29 is 23.9 Å². The first-order chi connectivity index (χ1) is 16.5. The molecule has 1 atom stereocenters. The van der Waals surface area contributed by atoms with Crippen molar-refractivity contribution in [1.82, 2.24) is 10.2 Å². The van der Waals surface area contributed by atoms with Gasteiger partial charge in [0.2, 0.25) is 5.91 Å². The zero-order valence-electron chi connectivity index (χ0n) is 18.5. The van der Waals surface area contributed by atoms with Crippen LogP contribution in [0, 0.1) is 0 Å². The fourth-order valence-electron chi connectivity index (χ4n) is 3.77. The Labute approximate surface area is 196 Å². The van der Waals surface area contributed by atoms with Gasteiger partial charge in [-0.15, -0.1) is 0 Å². The molecule has 0 aromatic heterocycles. The van der Waals surface area contributed by atoms with Gasteiger partial charge in [-0.05, 0) is 41.8 Å². The summed E-state index contributed by atoms with van der Waals surface area (Å²) in [6.07, 6.45) is 0.523. The minimum absolute atomic E-state index is 0.221. The van der Waals surface area contributed by atoms with E-state index < -0.39 is 30.3 Å². The van der Waals surface area contributed by atoms with Crippen LogP contribution in [0.25, 0.3) is 0 Å². The number of hydrogen-bond donors (Lipinski definition) is 1. The van der Waals surface area contributed by atoms with Crippen LogP contribution in [0.2, 0.25) is 0 Å². The van der Waals surface area contributed by atoms with Gasteiger partial charge in [-0.25, -0.2) is 14.6 Å². The average Bonchev–Trinajstić information content (AvgIpc) is 3.08. The van der Waals surface area contributed by atoms with Gasteiger partial charge in [0, 0.05) is 0 Å². The molecule has 1 fully saturated rings. The highest BCUT2D eigenvalue weighted by Gasteiger charge is 2.46. The number of ether oxygens (including phenoxy) is 1. The maximum atomic E-state index is 12.9. The van der Waals surface area contributed by atoms with E-state index in [4.69, 9.17) is 4.74 Å². The monoisotopic (exact) mass is 457 g/mol. The van der Waals surface area contributed by atoms with Gasteiger partial charge in [-0.3, -0.25) is 14.4 Å². The fraction of sp³-hybridized carbons (Fsp3) is 0.154. The Morgan fingerprint density at radius 3 is 2.09 bits per heavy atom. The molecule has 3 aromatic carbocycles. The Balaban J connectivity index is 1.49. The molecule has 0 bridgehead atoms. The summed E-state index contributed by atoms with van der Waals surface area (Å²) in [4.78, 5) is 52.2. The molecule has 3 aromatic rings. The molecule has 8 nitrogen and oxygen atoms in total. The Morgan fingerprint density at radius 1 is 0.853 bits per heavy atom. The van der Waals surface area contributed by atoms with Crippen LogP contribution in [0.4, 0.5) is 10.5 Å². The van der Waals surface area contributed by atoms with Crippen molar-refractivity contribution in [2.75, 3.05) is 18.6 Å². The minimum atomic E-state index is -1.05. The highest BCUT2D eigenvalue weighted by Crippen LogP contribution is 2.25. The van der Waals surface area contributed by atoms with E-state index in [-0.39, 0.29) is 11.7 Å². The number of carbonyl (C=O) groups excluding carboxylic acids is 4. The molecule has 1 aliphatic rings. The van der Waals surface area contributed by atoms with Gasteiger partial charge >= 0.3 is 17.8 Å². The second kappa shape index (κ2) is 9.99. The molecule has 1 N–H and O–H groups in total. The zero-order chi connectivity index (χ0) is 24.1. The number of hydrogen-bond acceptors (Lipinski definition) is 5. The van der Waals surface area contributed by atoms with Crippen LogP contribution >= 0.6 is 0 Å². The quantitative estimate of drug-likeness (QED) is 0.414. The lowest BCUT2D eigenvalue weighted by Gasteiger charge is -2.21. The van der Waals surface area contributed by atoms with E-state index in [1.54, 1.807) is 12.1 Å². The molecule has 0 saturated carbocycles. The summed E-state index contributed by atoms with van der Waals surface area (Å²) >= 11 is 0. The van der Waals surface area contributed by atoms with Crippen molar-refractivity contribution in [2.45, 2.75) is 12.5 Å². The lowest BCUT2D eigenvalue weighted by molar-refractivity contribution is -0.140. The summed E-state index contributed by atoms with van der Waals surface area (Å²) in [6.45, 7) is -0.561. The van der Waals surface area contributed by atoms with Crippen molar-refractivity contribution in [2.24, 2.45) is 0 Å². The maximum Gasteiger partial charge on any atom is 0.339 e. The van der Waals surface area contributed by atoms with Crippen molar-refractivity contribution in [3.8, 4) is 5.75 Å². The van der Waals surface area contributed by atoms with Crippen molar-refractivity contribution in [3.63, 3.8) is 0 Å². The average molecular weight is 457 g/mol. The third-order valence-electron chi connectivity index (χ3n) is 5.51. The first-order valence-corrected chi connectivity index (χ1v) is 10.7. The third kappa shape index (κ3) is 4.80. The molecule has 4 rings (SSSR count). The summed E-state index contributed by atoms with van der Waals surface area (Å²) in [5.41, 5.74) is 2.12. The molecule has 1 unspecified atom stereocenters. The van der Waals surface area contributed by atoms with E-state index in [1.807, 2.05) is 60.7 Å². The highest BCUT2D eigenvalue weighted by atomic mass is 16.5. The smallest absolute Gasteiger partial charge is 0.339 e. The Morgan fingerprint density at radius 2 is 1.47 bits per heavy atom. The summed E-state index contributed by atoms with van der Waals surface area (Å²) in [5, 5.41) is 2.90. The van der Waals surface area contributed by atoms with Crippen LogP contribution in [0.5, 0.6) is 5.75 Å². The predicted molar refractivity (Wildman–Crippen MR) is 125 cm³/mol. The summed E-state index contributed by atoms with van der Waals surface area (Å²) in [7, 11) is 1.49. The van der Waals surface area contributed by atoms with Crippen molar-refractivity contribution >= 4 is 29.4 Å². The van der Waals surface area contributed by atoms with Crippen molar-refractivity contribution in [1.29, 1.82) is 0 Å². The summed E-state index contributed by atoms with van der Waals surface area (Å²) < 4.78 is 5.08. The van der Waals surface area contributed by atoms with E-state index in [0.29, 0.717) is 17.1 Å². The predicted octanol–water partition coefficient (Wildman–Crippen LogP) is 3.09. The second-order valence-corrected chi connectivity index (χ2v) is 7.73. The number of nitrogens with one attached hydrogen (secondary N) is 1. The number of carbonyl (C=O) groups is 4. The largest absolute Gasteiger partial charge is 0.497 e. The second-order valence-electron chi connectivity index (χ2n) is 7.73. The zero-order valence-corrected chi connectivity index (χ0v) is 18.5. The van der Waals surface area contributed by atoms with Crippen molar-refractivity contribution in [3.05, 3.63) is 96.1 Å². The Kier molecular flexibility index (Phi) is 6.68. The molecular weight excluding hydrogens is 434 g/mol. The van der Waals surface area contributed by atoms with Gasteiger partial charge < -0.3 is 10.1 Å². The van der Waals surface area contributed by atoms with Gasteiger partial charge in [0.05, 0.1) is 18.8 Å². The van der Waals surface area contributed by atoms with Crippen LogP contribution in [-0.2, 0) is 20.8 Å². The van der Waals surface area contributed by atoms with Crippen LogP contribution in [0.3, 0.4) is 0 Å². The molecule has 34 heavy (non-hydrogen) atoms. The topological polar surface area (TPSA) is 96.0 Å². The molecule has 0 spiro atoms. The summed E-state index contributed by atoms with van der Waals surface area (Å²) in [5.74, 6) is -2.06. The lowest BCUT2D eigenvalue weighted by atomic mass is 9.99. The first kappa shape index (κ1) is 22.7. The number of amides is 5. The Hall–Kier alpha value is -4.46. The van der Waals surface area contributed by atoms with Crippen LogP contribution in [-0.4, -0.2) is 42.3 Å². The number of benzene rings is 3. The number of methoxy groups -OCH3 is 1. The van der Waals surface area contributed by atoms with E-state index in [9.17, 15) is 19.2 Å². The van der Waals surface area contributed by atoms with Gasteiger partial charge in [0.15, 0.2) is 0 Å². The molecule has 1 saturated heterocycles. The molecule has 8 heteroatoms. The number of rotatable bonds is 8. The first-order valence-electron chi connectivity index (χ1n) is 10.7. The van der Waals surface area contributed by atoms with Gasteiger partial charge in [-0.1, -0.05) is 60.7 Å². The number of urea groups is 1. The minimum Gasteiger partial charge on any atom is -0.497 e. The molecule has 0 radical (unpaired) electrons. The standard InChI is InChI=1S/C26H23N3O5/c1-34-21-14-12-20(13-15-21)29-25(32)24(31)28(26(29)33)17-23(30)27-22(19-10-6-3-7-11-19)16-18-8-4-2-5-9-18/h2-15,22H,16-17H2,1H3,(H,27,30). The number of imide groups is 2. The van der Waals surface area contributed by atoms with Crippen LogP contribution < -0.4 is 15.0 Å². The molecule has 5 amide bonds. The maximum absolute atomic E-state index is 12.9. The Bertz CT molecular complexity index is 1200. The van der Waals surface area contributed by atoms with Crippen LogP contribution in [0.1, 0.15) is 17.2 Å². The van der Waals surface area contributed by atoms with Gasteiger partial charge in [-0.2, -0.15) is 0 Å². The van der Waals surface area contributed by atoms with Crippen LogP contribution in [0.15, 0.2) is 84.9 Å². The van der Waals surface area contributed by atoms with E-state index in [1.165, 1.54) is 19.2 Å². The molecule has 1 aliphatic heterocycles. The van der Waals surface area contributed by atoms with E-state index in [0.717, 1.165) is 16.0 Å². The summed E-state index contributed by atoms with van der Waals surface area (Å²) in [6, 6.07) is 24.0.